The molecule has 0 radical (unpaired) electrons. The number of carbonyl (C=O) groups excluding carboxylic acids is 2. The minimum absolute atomic E-state index is 0.0124. The number of halogens is 1. The Bertz CT molecular complexity index is 484. The lowest BCUT2D eigenvalue weighted by Crippen LogP contribution is -2.28. The zero-order valence-corrected chi connectivity index (χ0v) is 10.1. The van der Waals surface area contributed by atoms with E-state index < -0.39 is 5.82 Å². The van der Waals surface area contributed by atoms with E-state index in [1.54, 1.807) is 0 Å². The van der Waals surface area contributed by atoms with E-state index in [0.717, 1.165) is 19.3 Å². The van der Waals surface area contributed by atoms with Crippen molar-refractivity contribution in [2.75, 3.05) is 10.6 Å². The summed E-state index contributed by atoms with van der Waals surface area (Å²) in [7, 11) is 0. The smallest absolute Gasteiger partial charge is 0.227 e. The van der Waals surface area contributed by atoms with Crippen molar-refractivity contribution in [1.82, 2.24) is 0 Å². The molecule has 0 atom stereocenters. The topological polar surface area (TPSA) is 58.2 Å². The van der Waals surface area contributed by atoms with Crippen molar-refractivity contribution in [3.63, 3.8) is 0 Å². The van der Waals surface area contributed by atoms with Crippen LogP contribution in [0.2, 0.25) is 0 Å². The molecule has 1 aliphatic rings. The van der Waals surface area contributed by atoms with Gasteiger partial charge in [-0.05, 0) is 31.0 Å². The van der Waals surface area contributed by atoms with E-state index in [9.17, 15) is 14.0 Å². The summed E-state index contributed by atoms with van der Waals surface area (Å²) in [6.45, 7) is 1.36. The molecule has 1 aromatic rings. The van der Waals surface area contributed by atoms with Gasteiger partial charge in [-0.25, -0.2) is 4.39 Å². The fourth-order valence-electron chi connectivity index (χ4n) is 1.82. The Morgan fingerprint density at radius 3 is 2.50 bits per heavy atom. The van der Waals surface area contributed by atoms with Crippen molar-refractivity contribution in [2.24, 2.45) is 5.92 Å². The molecule has 1 fully saturated rings. The van der Waals surface area contributed by atoms with Crippen LogP contribution in [0.1, 0.15) is 26.2 Å². The van der Waals surface area contributed by atoms with Gasteiger partial charge in [0.1, 0.15) is 5.82 Å². The molecule has 0 unspecified atom stereocenters. The molecule has 0 spiro atoms. The first-order valence-electron chi connectivity index (χ1n) is 5.94. The van der Waals surface area contributed by atoms with Gasteiger partial charge < -0.3 is 10.6 Å². The Hall–Kier alpha value is -1.91. The van der Waals surface area contributed by atoms with E-state index in [2.05, 4.69) is 10.6 Å². The van der Waals surface area contributed by atoms with Crippen LogP contribution < -0.4 is 10.6 Å². The molecular formula is C13H15FN2O2. The zero-order chi connectivity index (χ0) is 13.1. The summed E-state index contributed by atoms with van der Waals surface area (Å²) < 4.78 is 13.2. The molecule has 0 bridgehead atoms. The Morgan fingerprint density at radius 1 is 1.22 bits per heavy atom. The van der Waals surface area contributed by atoms with Crippen LogP contribution in [0.4, 0.5) is 15.8 Å². The van der Waals surface area contributed by atoms with Crippen molar-refractivity contribution < 1.29 is 14.0 Å². The summed E-state index contributed by atoms with van der Waals surface area (Å²) in [6.07, 6.45) is 2.80. The number of anilines is 2. The fourth-order valence-corrected chi connectivity index (χ4v) is 1.82. The molecule has 0 aromatic heterocycles. The van der Waals surface area contributed by atoms with Crippen LogP contribution in [-0.2, 0) is 9.59 Å². The first-order chi connectivity index (χ1) is 8.56. The third-order valence-electron chi connectivity index (χ3n) is 3.03. The molecule has 0 saturated heterocycles. The Kier molecular flexibility index (Phi) is 3.60. The highest BCUT2D eigenvalue weighted by Crippen LogP contribution is 2.29. The van der Waals surface area contributed by atoms with E-state index >= 15 is 0 Å². The summed E-state index contributed by atoms with van der Waals surface area (Å²) in [5.41, 5.74) is 0.721. The molecule has 2 N–H and O–H groups in total. The number of carbonyl (C=O) groups is 2. The second kappa shape index (κ2) is 5.16. The normalized spacial score (nSPS) is 14.8. The highest BCUT2D eigenvalue weighted by Gasteiger charge is 2.25. The van der Waals surface area contributed by atoms with Gasteiger partial charge in [0, 0.05) is 12.8 Å². The van der Waals surface area contributed by atoms with Gasteiger partial charge in [0.2, 0.25) is 11.8 Å². The Labute approximate surface area is 105 Å². The highest BCUT2D eigenvalue weighted by molar-refractivity contribution is 5.99. The van der Waals surface area contributed by atoms with E-state index in [0.29, 0.717) is 11.4 Å². The van der Waals surface area contributed by atoms with Gasteiger partial charge in [0.05, 0.1) is 11.4 Å². The van der Waals surface area contributed by atoms with Crippen molar-refractivity contribution in [3.05, 3.63) is 24.0 Å². The molecular weight excluding hydrogens is 235 g/mol. The summed E-state index contributed by atoms with van der Waals surface area (Å²) >= 11 is 0. The zero-order valence-electron chi connectivity index (χ0n) is 10.1. The number of amides is 2. The summed E-state index contributed by atoms with van der Waals surface area (Å²) in [4.78, 5) is 22.8. The molecule has 0 heterocycles. The predicted octanol–water partition coefficient (Wildman–Crippen LogP) is 2.52. The van der Waals surface area contributed by atoms with Gasteiger partial charge in [0.25, 0.3) is 0 Å². The lowest BCUT2D eigenvalue weighted by atomic mass is 9.85. The SMILES string of the molecule is CC(=O)Nc1ccc(F)cc1NC(=O)C1CCC1. The third kappa shape index (κ3) is 2.85. The highest BCUT2D eigenvalue weighted by atomic mass is 19.1. The second-order valence-corrected chi connectivity index (χ2v) is 4.49. The van der Waals surface area contributed by atoms with Crippen molar-refractivity contribution in [1.29, 1.82) is 0 Å². The molecule has 5 heteroatoms. The minimum Gasteiger partial charge on any atom is -0.325 e. The van der Waals surface area contributed by atoms with Crippen LogP contribution in [0, 0.1) is 11.7 Å². The van der Waals surface area contributed by atoms with Crippen LogP contribution in [0.3, 0.4) is 0 Å². The van der Waals surface area contributed by atoms with Crippen molar-refractivity contribution in [3.8, 4) is 0 Å². The number of hydrogen-bond donors (Lipinski definition) is 2. The van der Waals surface area contributed by atoms with E-state index in [4.69, 9.17) is 0 Å². The van der Waals surface area contributed by atoms with Gasteiger partial charge >= 0.3 is 0 Å². The molecule has 2 rings (SSSR count). The summed E-state index contributed by atoms with van der Waals surface area (Å²) in [5.74, 6) is -0.814. The molecule has 96 valence electrons. The van der Waals surface area contributed by atoms with Gasteiger partial charge in [-0.2, -0.15) is 0 Å². The number of hydrogen-bond acceptors (Lipinski definition) is 2. The standard InChI is InChI=1S/C13H15FN2O2/c1-8(17)15-11-6-5-10(14)7-12(11)16-13(18)9-3-2-4-9/h5-7,9H,2-4H2,1H3,(H,15,17)(H,16,18). The lowest BCUT2D eigenvalue weighted by molar-refractivity contribution is -0.122. The van der Waals surface area contributed by atoms with E-state index in [1.165, 1.54) is 25.1 Å². The van der Waals surface area contributed by atoms with Gasteiger partial charge in [0.15, 0.2) is 0 Å². The number of nitrogens with one attached hydrogen (secondary N) is 2. The molecule has 0 aliphatic heterocycles. The van der Waals surface area contributed by atoms with Gasteiger partial charge in [-0.15, -0.1) is 0 Å². The average molecular weight is 250 g/mol. The van der Waals surface area contributed by atoms with Gasteiger partial charge in [-0.3, -0.25) is 9.59 Å². The largest absolute Gasteiger partial charge is 0.325 e. The minimum atomic E-state index is -0.451. The van der Waals surface area contributed by atoms with Crippen LogP contribution in [-0.4, -0.2) is 11.8 Å². The maximum Gasteiger partial charge on any atom is 0.227 e. The van der Waals surface area contributed by atoms with Crippen molar-refractivity contribution >= 4 is 23.2 Å². The molecule has 18 heavy (non-hydrogen) atoms. The van der Waals surface area contributed by atoms with Crippen LogP contribution in [0.25, 0.3) is 0 Å². The van der Waals surface area contributed by atoms with Crippen LogP contribution in [0.15, 0.2) is 18.2 Å². The maximum absolute atomic E-state index is 13.2. The Morgan fingerprint density at radius 2 is 1.94 bits per heavy atom. The molecule has 1 aliphatic carbocycles. The summed E-state index contributed by atoms with van der Waals surface area (Å²) in [6, 6.07) is 3.89. The summed E-state index contributed by atoms with van der Waals surface area (Å²) in [5, 5.41) is 5.23. The van der Waals surface area contributed by atoms with E-state index in [-0.39, 0.29) is 17.7 Å². The second-order valence-electron chi connectivity index (χ2n) is 4.49. The predicted molar refractivity (Wildman–Crippen MR) is 66.7 cm³/mol. The lowest BCUT2D eigenvalue weighted by Gasteiger charge is -2.24. The van der Waals surface area contributed by atoms with Crippen LogP contribution >= 0.6 is 0 Å². The first-order valence-corrected chi connectivity index (χ1v) is 5.94. The molecule has 4 nitrogen and oxygen atoms in total. The van der Waals surface area contributed by atoms with Gasteiger partial charge in [-0.1, -0.05) is 6.42 Å². The Balaban J connectivity index is 2.15. The fraction of sp³-hybridized carbons (Fsp3) is 0.385. The third-order valence-corrected chi connectivity index (χ3v) is 3.03. The van der Waals surface area contributed by atoms with Crippen LogP contribution in [0.5, 0.6) is 0 Å². The van der Waals surface area contributed by atoms with E-state index in [1.807, 2.05) is 0 Å². The molecule has 2 amide bonds. The maximum atomic E-state index is 13.2. The number of benzene rings is 1. The van der Waals surface area contributed by atoms with Crippen molar-refractivity contribution in [2.45, 2.75) is 26.2 Å². The monoisotopic (exact) mass is 250 g/mol. The molecule has 1 saturated carbocycles. The average Bonchev–Trinajstić information content (AvgIpc) is 2.18. The molecule has 1 aromatic carbocycles. The first kappa shape index (κ1) is 12.5. The number of rotatable bonds is 3. The quantitative estimate of drug-likeness (QED) is 0.866.